The molecule has 0 radical (unpaired) electrons. The van der Waals surface area contributed by atoms with Crippen molar-refractivity contribution in [2.24, 2.45) is 0 Å². The van der Waals surface area contributed by atoms with Crippen molar-refractivity contribution in [1.29, 1.82) is 0 Å². The molecule has 0 aliphatic carbocycles. The van der Waals surface area contributed by atoms with Crippen LogP contribution in [0.25, 0.3) is 6.08 Å². The number of ether oxygens (including phenoxy) is 1. The summed E-state index contributed by atoms with van der Waals surface area (Å²) in [7, 11) is 0. The molecular weight excluding hydrogens is 572 g/mol. The maximum absolute atomic E-state index is 13.0. The van der Waals surface area contributed by atoms with Gasteiger partial charge in [0.05, 0.1) is 10.5 Å². The molecule has 0 unspecified atom stereocenters. The fourth-order valence-corrected chi connectivity index (χ4v) is 4.82. The lowest BCUT2D eigenvalue weighted by Gasteiger charge is -2.13. The second kappa shape index (κ2) is 11.7. The number of rotatable bonds is 8. The Morgan fingerprint density at radius 2 is 1.76 bits per heavy atom. The van der Waals surface area contributed by atoms with Gasteiger partial charge in [-0.3, -0.25) is 19.3 Å². The van der Waals surface area contributed by atoms with Gasteiger partial charge in [0.2, 0.25) is 5.91 Å². The first-order valence-electron chi connectivity index (χ1n) is 11.5. The first-order valence-corrected chi connectivity index (χ1v) is 13.1. The Kier molecular flexibility index (Phi) is 8.33. The molecule has 0 bridgehead atoms. The van der Waals surface area contributed by atoms with Crippen LogP contribution in [0.3, 0.4) is 0 Å². The van der Waals surface area contributed by atoms with Gasteiger partial charge < -0.3 is 15.2 Å². The van der Waals surface area contributed by atoms with Crippen LogP contribution in [0.15, 0.2) is 70.0 Å². The summed E-state index contributed by atoms with van der Waals surface area (Å²) in [6.07, 6.45) is 1.56. The molecule has 1 fully saturated rings. The van der Waals surface area contributed by atoms with Gasteiger partial charge in [0.1, 0.15) is 18.9 Å². The van der Waals surface area contributed by atoms with Crippen LogP contribution >= 0.6 is 27.7 Å². The summed E-state index contributed by atoms with van der Waals surface area (Å²) in [5.41, 5.74) is 4.20. The van der Waals surface area contributed by atoms with E-state index in [0.717, 1.165) is 37.8 Å². The quantitative estimate of drug-likeness (QED) is 0.307. The van der Waals surface area contributed by atoms with E-state index in [2.05, 4.69) is 21.2 Å². The van der Waals surface area contributed by atoms with E-state index in [-0.39, 0.29) is 17.1 Å². The summed E-state index contributed by atoms with van der Waals surface area (Å²) < 4.78 is 6.68. The number of amides is 3. The van der Waals surface area contributed by atoms with Crippen molar-refractivity contribution in [3.8, 4) is 5.75 Å². The fourth-order valence-electron chi connectivity index (χ4n) is 3.61. The number of halogens is 1. The van der Waals surface area contributed by atoms with E-state index in [4.69, 9.17) is 9.84 Å². The maximum Gasteiger partial charge on any atom is 0.335 e. The monoisotopic (exact) mass is 594 g/mol. The summed E-state index contributed by atoms with van der Waals surface area (Å²) in [6, 6.07) is 17.1. The molecule has 8 nitrogen and oxygen atoms in total. The Balaban J connectivity index is 1.46. The Morgan fingerprint density at radius 1 is 1.03 bits per heavy atom. The number of nitrogens with zero attached hydrogens (tertiary/aromatic N) is 1. The third-order valence-electron chi connectivity index (χ3n) is 5.82. The van der Waals surface area contributed by atoms with Gasteiger partial charge in [0, 0.05) is 15.7 Å². The van der Waals surface area contributed by atoms with Gasteiger partial charge in [-0.1, -0.05) is 34.1 Å². The molecule has 0 atom stereocenters. The highest BCUT2D eigenvalue weighted by molar-refractivity contribution is 9.10. The lowest BCUT2D eigenvalue weighted by Crippen LogP contribution is -2.36. The van der Waals surface area contributed by atoms with Gasteiger partial charge in [0.25, 0.3) is 11.1 Å². The van der Waals surface area contributed by atoms with Crippen molar-refractivity contribution in [3.63, 3.8) is 0 Å². The largest absolute Gasteiger partial charge is 0.488 e. The molecule has 0 aromatic heterocycles. The van der Waals surface area contributed by atoms with Crippen molar-refractivity contribution >= 4 is 62.5 Å². The molecule has 0 spiro atoms. The lowest BCUT2D eigenvalue weighted by atomic mass is 10.1. The number of anilines is 1. The van der Waals surface area contributed by atoms with Gasteiger partial charge in [0.15, 0.2) is 0 Å². The van der Waals surface area contributed by atoms with Gasteiger partial charge >= 0.3 is 5.97 Å². The molecule has 4 rings (SSSR count). The molecule has 0 saturated carbocycles. The topological polar surface area (TPSA) is 113 Å². The van der Waals surface area contributed by atoms with E-state index in [1.807, 2.05) is 26.0 Å². The SMILES string of the molecule is Cc1ccc(NC(=O)CN2C(=O)S/C(=C\c3cc(Br)ccc3OCc3ccc(C(=O)O)cc3)C2=O)cc1C. The van der Waals surface area contributed by atoms with Gasteiger partial charge in [-0.25, -0.2) is 4.79 Å². The third-order valence-corrected chi connectivity index (χ3v) is 7.22. The zero-order chi connectivity index (χ0) is 27.4. The average molecular weight is 595 g/mol. The number of hydrogen-bond acceptors (Lipinski definition) is 6. The number of carbonyl (C=O) groups excluding carboxylic acids is 3. The third kappa shape index (κ3) is 6.51. The lowest BCUT2D eigenvalue weighted by molar-refractivity contribution is -0.127. The number of carbonyl (C=O) groups is 4. The Morgan fingerprint density at radius 3 is 2.45 bits per heavy atom. The summed E-state index contributed by atoms with van der Waals surface area (Å²) in [5, 5.41) is 11.2. The molecule has 3 amide bonds. The van der Waals surface area contributed by atoms with Crippen LogP contribution in [-0.4, -0.2) is 39.6 Å². The molecule has 10 heteroatoms. The minimum Gasteiger partial charge on any atom is -0.488 e. The average Bonchev–Trinajstić information content (AvgIpc) is 3.13. The smallest absolute Gasteiger partial charge is 0.335 e. The van der Waals surface area contributed by atoms with E-state index in [1.54, 1.807) is 42.5 Å². The van der Waals surface area contributed by atoms with Gasteiger partial charge in [-0.2, -0.15) is 0 Å². The molecule has 1 aliphatic heterocycles. The summed E-state index contributed by atoms with van der Waals surface area (Å²) in [4.78, 5) is 50.3. The van der Waals surface area contributed by atoms with Crippen molar-refractivity contribution < 1.29 is 29.0 Å². The highest BCUT2D eigenvalue weighted by atomic mass is 79.9. The minimum atomic E-state index is -1.01. The Hall–Kier alpha value is -3.89. The van der Waals surface area contributed by atoms with Crippen LogP contribution in [0.2, 0.25) is 0 Å². The van der Waals surface area contributed by atoms with Crippen LogP contribution in [0.4, 0.5) is 10.5 Å². The predicted molar refractivity (Wildman–Crippen MR) is 149 cm³/mol. The Labute approximate surface area is 231 Å². The number of carboxylic acids is 1. The van der Waals surface area contributed by atoms with Crippen LogP contribution in [0.5, 0.6) is 5.75 Å². The maximum atomic E-state index is 13.0. The molecule has 1 heterocycles. The molecule has 1 aliphatic rings. The standard InChI is InChI=1S/C28H23BrN2O6S/c1-16-3-9-22(11-17(16)2)30-25(32)14-31-26(33)24(38-28(31)36)13-20-12-21(29)8-10-23(20)37-15-18-4-6-19(7-5-18)27(34)35/h3-13H,14-15H2,1-2H3,(H,30,32)(H,34,35)/b24-13-. The van der Waals surface area contributed by atoms with Crippen molar-refractivity contribution in [3.05, 3.63) is 97.9 Å². The molecule has 3 aromatic carbocycles. The fraction of sp³-hybridized carbons (Fsp3) is 0.143. The summed E-state index contributed by atoms with van der Waals surface area (Å²) >= 11 is 4.17. The number of imide groups is 1. The van der Waals surface area contributed by atoms with Crippen molar-refractivity contribution in [2.75, 3.05) is 11.9 Å². The van der Waals surface area contributed by atoms with Crippen LogP contribution in [0.1, 0.15) is 32.6 Å². The first kappa shape index (κ1) is 27.2. The van der Waals surface area contributed by atoms with E-state index in [0.29, 0.717) is 17.0 Å². The van der Waals surface area contributed by atoms with E-state index < -0.39 is 29.6 Å². The number of nitrogens with one attached hydrogen (secondary N) is 1. The first-order chi connectivity index (χ1) is 18.1. The minimum absolute atomic E-state index is 0.169. The number of aryl methyl sites for hydroxylation is 2. The van der Waals surface area contributed by atoms with E-state index >= 15 is 0 Å². The van der Waals surface area contributed by atoms with E-state index in [9.17, 15) is 19.2 Å². The molecule has 1 saturated heterocycles. The zero-order valence-corrected chi connectivity index (χ0v) is 22.9. The van der Waals surface area contributed by atoms with Crippen molar-refractivity contribution in [2.45, 2.75) is 20.5 Å². The van der Waals surface area contributed by atoms with Crippen LogP contribution in [-0.2, 0) is 16.2 Å². The molecule has 38 heavy (non-hydrogen) atoms. The highest BCUT2D eigenvalue weighted by Crippen LogP contribution is 2.35. The number of benzene rings is 3. The number of thioether (sulfide) groups is 1. The number of hydrogen-bond donors (Lipinski definition) is 2. The number of carboxylic acid groups (broad SMARTS) is 1. The second-order valence-electron chi connectivity index (χ2n) is 8.59. The molecular formula is C28H23BrN2O6S. The Bertz CT molecular complexity index is 1470. The van der Waals surface area contributed by atoms with Gasteiger partial charge in [-0.05, 0) is 90.8 Å². The predicted octanol–water partition coefficient (Wildman–Crippen LogP) is 6.02. The highest BCUT2D eigenvalue weighted by Gasteiger charge is 2.36. The van der Waals surface area contributed by atoms with Crippen LogP contribution in [0, 0.1) is 13.8 Å². The van der Waals surface area contributed by atoms with Gasteiger partial charge in [-0.15, -0.1) is 0 Å². The second-order valence-corrected chi connectivity index (χ2v) is 10.5. The molecule has 194 valence electrons. The molecule has 2 N–H and O–H groups in total. The summed E-state index contributed by atoms with van der Waals surface area (Å²) in [6.45, 7) is 3.67. The summed E-state index contributed by atoms with van der Waals surface area (Å²) in [5.74, 6) is -1.58. The normalized spacial score (nSPS) is 14.2. The zero-order valence-electron chi connectivity index (χ0n) is 20.5. The number of aromatic carboxylic acids is 1. The van der Waals surface area contributed by atoms with Crippen molar-refractivity contribution in [1.82, 2.24) is 4.90 Å². The van der Waals surface area contributed by atoms with E-state index in [1.165, 1.54) is 12.1 Å². The van der Waals surface area contributed by atoms with Crippen LogP contribution < -0.4 is 10.1 Å². The molecule has 3 aromatic rings.